The molecule has 0 aromatic carbocycles. The molecule has 0 saturated carbocycles. The molecule has 0 aromatic rings. The normalized spacial score (nSPS) is 15.3. The van der Waals surface area contributed by atoms with Crippen molar-refractivity contribution in [1.82, 2.24) is 10.0 Å². The fraction of sp³-hybridized carbons (Fsp3) is 0.714. The van der Waals surface area contributed by atoms with Gasteiger partial charge in [0.15, 0.2) is 0 Å². The lowest BCUT2D eigenvalue weighted by atomic mass is 10.0. The fourth-order valence-corrected chi connectivity index (χ4v) is 2.28. The minimum atomic E-state index is 0.303. The van der Waals surface area contributed by atoms with E-state index in [0.29, 0.717) is 10.8 Å². The molecular formula is C14H29N2S+. The highest BCUT2D eigenvalue weighted by molar-refractivity contribution is 7.77. The molecule has 0 fully saturated rings. The molecule has 0 aliphatic rings. The van der Waals surface area contributed by atoms with E-state index >= 15 is 0 Å². The molecule has 17 heavy (non-hydrogen) atoms. The summed E-state index contributed by atoms with van der Waals surface area (Å²) in [5.41, 5.74) is 1.36. The standard InChI is InChI=1S/C14H28N2S/c1-7-9-13(16-17-14(3,4)5)12(8-2)10-11-15-6/h8,10-11,13,15-16H,7,9H2,1-6H3/p+1/b11-10-,12-8+. The van der Waals surface area contributed by atoms with Gasteiger partial charge in [0.2, 0.25) is 0 Å². The first kappa shape index (κ1) is 16.6. The molecule has 3 heteroatoms. The number of nitrogens with one attached hydrogen (secondary N) is 2. The van der Waals surface area contributed by atoms with Crippen LogP contribution in [0, 0.1) is 0 Å². The van der Waals surface area contributed by atoms with Crippen LogP contribution in [0.15, 0.2) is 23.9 Å². The van der Waals surface area contributed by atoms with Gasteiger partial charge >= 0.3 is 0 Å². The number of thiol groups is 1. The zero-order valence-electron chi connectivity index (χ0n) is 12.2. The maximum absolute atomic E-state index is 3.65. The van der Waals surface area contributed by atoms with Crippen molar-refractivity contribution in [2.45, 2.75) is 58.2 Å². The molecule has 0 saturated heterocycles. The zero-order chi connectivity index (χ0) is 13.3. The largest absolute Gasteiger partial charge is 0.394 e. The molecule has 1 atom stereocenters. The van der Waals surface area contributed by atoms with Gasteiger partial charge in [0.05, 0.1) is 18.0 Å². The number of rotatable bonds is 7. The summed E-state index contributed by atoms with van der Waals surface area (Å²) in [6.07, 6.45) is 8.72. The summed E-state index contributed by atoms with van der Waals surface area (Å²) < 4.78 is 3.95. The lowest BCUT2D eigenvalue weighted by Crippen LogP contribution is -2.36. The van der Waals surface area contributed by atoms with Crippen LogP contribution in [-0.4, -0.2) is 17.8 Å². The first-order valence-electron chi connectivity index (χ1n) is 6.42. The van der Waals surface area contributed by atoms with Crippen molar-refractivity contribution in [2.24, 2.45) is 0 Å². The Hall–Kier alpha value is -0.410. The van der Waals surface area contributed by atoms with Crippen LogP contribution < -0.4 is 10.0 Å². The van der Waals surface area contributed by atoms with Gasteiger partial charge in [-0.05, 0) is 52.0 Å². The van der Waals surface area contributed by atoms with Gasteiger partial charge in [0.1, 0.15) is 4.75 Å². The number of allylic oxidation sites excluding steroid dienone is 1. The summed E-state index contributed by atoms with van der Waals surface area (Å²) in [6, 6.07) is 0.454. The molecule has 0 bridgehead atoms. The van der Waals surface area contributed by atoms with E-state index in [4.69, 9.17) is 0 Å². The third-order valence-electron chi connectivity index (χ3n) is 2.31. The van der Waals surface area contributed by atoms with E-state index in [9.17, 15) is 0 Å². The van der Waals surface area contributed by atoms with Crippen molar-refractivity contribution in [1.29, 1.82) is 0 Å². The number of hydrogen-bond acceptors (Lipinski definition) is 2. The van der Waals surface area contributed by atoms with Crippen molar-refractivity contribution in [3.63, 3.8) is 0 Å². The first-order valence-corrected chi connectivity index (χ1v) is 7.31. The van der Waals surface area contributed by atoms with Crippen molar-refractivity contribution < 1.29 is 0 Å². The van der Waals surface area contributed by atoms with Crippen molar-refractivity contribution in [2.75, 3.05) is 7.05 Å². The Balaban J connectivity index is 4.53. The fourth-order valence-electron chi connectivity index (χ4n) is 1.46. The Morgan fingerprint density at radius 1 is 1.35 bits per heavy atom. The quantitative estimate of drug-likeness (QED) is 0.416. The van der Waals surface area contributed by atoms with Gasteiger partial charge in [-0.15, -0.1) is 4.72 Å². The Morgan fingerprint density at radius 2 is 2.00 bits per heavy atom. The molecule has 2 N–H and O–H groups in total. The molecule has 0 aliphatic carbocycles. The lowest BCUT2D eigenvalue weighted by Gasteiger charge is -2.18. The third kappa shape index (κ3) is 8.33. The van der Waals surface area contributed by atoms with E-state index in [1.807, 2.05) is 13.2 Å². The highest BCUT2D eigenvalue weighted by Gasteiger charge is 2.23. The molecular weight excluding hydrogens is 228 g/mol. The van der Waals surface area contributed by atoms with Gasteiger partial charge in [-0.2, -0.15) is 0 Å². The molecule has 1 unspecified atom stereocenters. The maximum atomic E-state index is 3.65. The summed E-state index contributed by atoms with van der Waals surface area (Å²) in [6.45, 7) is 11.1. The summed E-state index contributed by atoms with van der Waals surface area (Å²) in [4.78, 5) is 0. The Kier molecular flexibility index (Phi) is 8.44. The van der Waals surface area contributed by atoms with Crippen LogP contribution in [0.5, 0.6) is 0 Å². The van der Waals surface area contributed by atoms with Crippen molar-refractivity contribution in [3.05, 3.63) is 23.9 Å². The van der Waals surface area contributed by atoms with Crippen LogP contribution in [0.25, 0.3) is 0 Å². The molecule has 0 heterocycles. The summed E-state index contributed by atoms with van der Waals surface area (Å²) in [7, 11) is 1.93. The average Bonchev–Trinajstić information content (AvgIpc) is 2.25. The second-order valence-electron chi connectivity index (χ2n) is 5.16. The van der Waals surface area contributed by atoms with E-state index < -0.39 is 0 Å². The van der Waals surface area contributed by atoms with Gasteiger partial charge in [-0.3, -0.25) is 0 Å². The second-order valence-corrected chi connectivity index (χ2v) is 6.99. The van der Waals surface area contributed by atoms with Gasteiger partial charge in [-0.25, -0.2) is 0 Å². The Bertz CT molecular complexity index is 251. The van der Waals surface area contributed by atoms with Gasteiger partial charge < -0.3 is 5.32 Å². The average molecular weight is 257 g/mol. The summed E-state index contributed by atoms with van der Waals surface area (Å²) in [5, 5.41) is 3.05. The Labute approximate surface area is 111 Å². The molecule has 0 amide bonds. The van der Waals surface area contributed by atoms with Crippen LogP contribution in [0.2, 0.25) is 0 Å². The molecule has 0 radical (unpaired) electrons. The molecule has 0 aliphatic heterocycles. The highest BCUT2D eigenvalue weighted by Crippen LogP contribution is 2.13. The smallest absolute Gasteiger partial charge is 0.136 e. The van der Waals surface area contributed by atoms with Gasteiger partial charge in [0, 0.05) is 7.05 Å². The lowest BCUT2D eigenvalue weighted by molar-refractivity contribution is 0.638. The van der Waals surface area contributed by atoms with E-state index in [1.165, 1.54) is 30.4 Å². The topological polar surface area (TPSA) is 24.1 Å². The zero-order valence-corrected chi connectivity index (χ0v) is 13.1. The Morgan fingerprint density at radius 3 is 2.41 bits per heavy atom. The van der Waals surface area contributed by atoms with E-state index in [0.717, 1.165) is 0 Å². The van der Waals surface area contributed by atoms with Crippen LogP contribution in [-0.2, 0) is 11.9 Å². The van der Waals surface area contributed by atoms with Gasteiger partial charge in [-0.1, -0.05) is 19.4 Å². The van der Waals surface area contributed by atoms with Crippen LogP contribution in [0.3, 0.4) is 0 Å². The summed E-state index contributed by atoms with van der Waals surface area (Å²) in [5.74, 6) is 0. The molecule has 0 aromatic heterocycles. The van der Waals surface area contributed by atoms with E-state index in [1.54, 1.807) is 0 Å². The first-order chi connectivity index (χ1) is 7.94. The van der Waals surface area contributed by atoms with Crippen LogP contribution >= 0.6 is 0 Å². The molecule has 0 rings (SSSR count). The van der Waals surface area contributed by atoms with E-state index in [2.05, 4.69) is 56.8 Å². The molecule has 2 nitrogen and oxygen atoms in total. The molecule has 100 valence electrons. The van der Waals surface area contributed by atoms with Crippen LogP contribution in [0.1, 0.15) is 47.5 Å². The van der Waals surface area contributed by atoms with E-state index in [-0.39, 0.29) is 0 Å². The predicted octanol–water partition coefficient (Wildman–Crippen LogP) is 2.95. The van der Waals surface area contributed by atoms with Crippen molar-refractivity contribution in [3.8, 4) is 0 Å². The molecule has 0 spiro atoms. The summed E-state index contributed by atoms with van der Waals surface area (Å²) >= 11 is 1.30. The minimum absolute atomic E-state index is 0.303. The van der Waals surface area contributed by atoms with Crippen LogP contribution in [0.4, 0.5) is 0 Å². The van der Waals surface area contributed by atoms with Gasteiger partial charge in [0.25, 0.3) is 0 Å². The predicted molar refractivity (Wildman–Crippen MR) is 82.3 cm³/mol. The third-order valence-corrected chi connectivity index (χ3v) is 3.42. The highest BCUT2D eigenvalue weighted by atomic mass is 32.2. The second kappa shape index (κ2) is 8.65. The minimum Gasteiger partial charge on any atom is -0.394 e. The monoisotopic (exact) mass is 257 g/mol. The van der Waals surface area contributed by atoms with Crippen molar-refractivity contribution >= 4 is 11.9 Å². The maximum Gasteiger partial charge on any atom is 0.136 e. The SMILES string of the molecule is C/C=C(\C=C/NC)C(CCC)N[SH+]C(C)(C)C. The number of hydrogen-bond donors (Lipinski definition) is 2.